The molecule has 6 nitrogen and oxygen atoms in total. The standard InChI is InChI=1S/C15H17FN4O2/c16-10-5-7-11(8-6-10)20-9-13(18-19-20)15(22)17-12-3-1-2-4-14(12)21/h5-9,12,14,21H,1-4H2,(H,17,22). The summed E-state index contributed by atoms with van der Waals surface area (Å²) >= 11 is 0. The SMILES string of the molecule is O=C(NC1CCCCC1O)c1cn(-c2ccc(F)cc2)nn1. The van der Waals surface area contributed by atoms with E-state index in [1.54, 1.807) is 12.1 Å². The van der Waals surface area contributed by atoms with E-state index < -0.39 is 6.10 Å². The maximum atomic E-state index is 12.9. The van der Waals surface area contributed by atoms with Crippen LogP contribution in [0, 0.1) is 5.82 Å². The Morgan fingerprint density at radius 1 is 1.27 bits per heavy atom. The lowest BCUT2D eigenvalue weighted by Gasteiger charge is -2.27. The van der Waals surface area contributed by atoms with Gasteiger partial charge in [0.1, 0.15) is 5.82 Å². The number of aliphatic hydroxyl groups is 1. The molecule has 22 heavy (non-hydrogen) atoms. The summed E-state index contributed by atoms with van der Waals surface area (Å²) < 4.78 is 14.3. The fourth-order valence-corrected chi connectivity index (χ4v) is 2.61. The summed E-state index contributed by atoms with van der Waals surface area (Å²) in [5, 5.41) is 20.4. The predicted molar refractivity (Wildman–Crippen MR) is 77.0 cm³/mol. The third-order valence-corrected chi connectivity index (χ3v) is 3.86. The molecule has 2 atom stereocenters. The lowest BCUT2D eigenvalue weighted by atomic mass is 9.92. The van der Waals surface area contributed by atoms with Gasteiger partial charge in [-0.15, -0.1) is 5.10 Å². The minimum Gasteiger partial charge on any atom is -0.391 e. The second kappa shape index (κ2) is 6.23. The van der Waals surface area contributed by atoms with Crippen LogP contribution in [0.15, 0.2) is 30.5 Å². The summed E-state index contributed by atoms with van der Waals surface area (Å²) in [6, 6.07) is 5.49. The van der Waals surface area contributed by atoms with E-state index in [0.717, 1.165) is 19.3 Å². The Kier molecular flexibility index (Phi) is 4.15. The lowest BCUT2D eigenvalue weighted by Crippen LogP contribution is -2.45. The fourth-order valence-electron chi connectivity index (χ4n) is 2.61. The smallest absolute Gasteiger partial charge is 0.273 e. The van der Waals surface area contributed by atoms with Crippen molar-refractivity contribution < 1.29 is 14.3 Å². The van der Waals surface area contributed by atoms with Gasteiger partial charge < -0.3 is 10.4 Å². The number of aliphatic hydroxyl groups excluding tert-OH is 1. The van der Waals surface area contributed by atoms with Crippen molar-refractivity contribution in [1.29, 1.82) is 0 Å². The van der Waals surface area contributed by atoms with Crippen molar-refractivity contribution in [1.82, 2.24) is 20.3 Å². The second-order valence-corrected chi connectivity index (χ2v) is 5.46. The molecule has 3 rings (SSSR count). The van der Waals surface area contributed by atoms with E-state index in [1.165, 1.54) is 23.0 Å². The van der Waals surface area contributed by atoms with Gasteiger partial charge in [-0.05, 0) is 37.1 Å². The molecule has 1 aromatic heterocycles. The van der Waals surface area contributed by atoms with E-state index in [2.05, 4.69) is 15.6 Å². The molecule has 1 aromatic carbocycles. The molecule has 1 aliphatic carbocycles. The van der Waals surface area contributed by atoms with Gasteiger partial charge in [-0.25, -0.2) is 9.07 Å². The highest BCUT2D eigenvalue weighted by atomic mass is 19.1. The molecule has 7 heteroatoms. The third kappa shape index (κ3) is 3.14. The molecule has 1 aliphatic rings. The van der Waals surface area contributed by atoms with Crippen molar-refractivity contribution in [3.05, 3.63) is 42.0 Å². The summed E-state index contributed by atoms with van der Waals surface area (Å²) in [6.07, 6.45) is 4.41. The molecule has 2 N–H and O–H groups in total. The zero-order chi connectivity index (χ0) is 15.5. The molecule has 116 valence electrons. The highest BCUT2D eigenvalue weighted by Crippen LogP contribution is 2.18. The normalized spacial score (nSPS) is 21.5. The van der Waals surface area contributed by atoms with E-state index >= 15 is 0 Å². The van der Waals surface area contributed by atoms with Gasteiger partial charge in [-0.1, -0.05) is 18.1 Å². The Morgan fingerprint density at radius 2 is 2.00 bits per heavy atom. The number of rotatable bonds is 3. The van der Waals surface area contributed by atoms with Crippen molar-refractivity contribution in [3.8, 4) is 5.69 Å². The number of carbonyl (C=O) groups is 1. The molecule has 1 saturated carbocycles. The van der Waals surface area contributed by atoms with Crippen LogP contribution < -0.4 is 5.32 Å². The minimum absolute atomic E-state index is 0.169. The van der Waals surface area contributed by atoms with E-state index in [0.29, 0.717) is 12.1 Å². The summed E-state index contributed by atoms with van der Waals surface area (Å²) in [7, 11) is 0. The maximum Gasteiger partial charge on any atom is 0.273 e. The third-order valence-electron chi connectivity index (χ3n) is 3.86. The average molecular weight is 304 g/mol. The Balaban J connectivity index is 1.70. The van der Waals surface area contributed by atoms with Gasteiger partial charge in [0, 0.05) is 0 Å². The highest BCUT2D eigenvalue weighted by molar-refractivity contribution is 5.92. The number of hydrogen-bond acceptors (Lipinski definition) is 4. The van der Waals surface area contributed by atoms with E-state index in [4.69, 9.17) is 0 Å². The first-order chi connectivity index (χ1) is 10.6. The van der Waals surface area contributed by atoms with Crippen molar-refractivity contribution in [3.63, 3.8) is 0 Å². The second-order valence-electron chi connectivity index (χ2n) is 5.46. The monoisotopic (exact) mass is 304 g/mol. The van der Waals surface area contributed by atoms with Crippen LogP contribution in [0.3, 0.4) is 0 Å². The Morgan fingerprint density at radius 3 is 2.73 bits per heavy atom. The summed E-state index contributed by atoms with van der Waals surface area (Å²) in [6.45, 7) is 0. The van der Waals surface area contributed by atoms with Crippen LogP contribution in [0.25, 0.3) is 5.69 Å². The highest BCUT2D eigenvalue weighted by Gasteiger charge is 2.25. The van der Waals surface area contributed by atoms with Gasteiger partial charge in [0.2, 0.25) is 0 Å². The maximum absolute atomic E-state index is 12.9. The van der Waals surface area contributed by atoms with Crippen LogP contribution in [-0.4, -0.2) is 38.2 Å². The molecule has 0 spiro atoms. The van der Waals surface area contributed by atoms with Gasteiger partial charge in [-0.2, -0.15) is 0 Å². The van der Waals surface area contributed by atoms with Crippen molar-refractivity contribution in [2.45, 2.75) is 37.8 Å². The predicted octanol–water partition coefficient (Wildman–Crippen LogP) is 1.44. The topological polar surface area (TPSA) is 80.0 Å². The Hall–Kier alpha value is -2.28. The van der Waals surface area contributed by atoms with Crippen molar-refractivity contribution in [2.75, 3.05) is 0 Å². The van der Waals surface area contributed by atoms with Gasteiger partial charge in [0.15, 0.2) is 5.69 Å². The van der Waals surface area contributed by atoms with Crippen LogP contribution in [-0.2, 0) is 0 Å². The van der Waals surface area contributed by atoms with Crippen LogP contribution in [0.5, 0.6) is 0 Å². The van der Waals surface area contributed by atoms with E-state index in [1.807, 2.05) is 0 Å². The molecule has 0 radical (unpaired) electrons. The number of halogens is 1. The number of carbonyl (C=O) groups excluding carboxylic acids is 1. The number of amides is 1. The van der Waals surface area contributed by atoms with Gasteiger partial charge >= 0.3 is 0 Å². The Labute approximate surface area is 127 Å². The van der Waals surface area contributed by atoms with Crippen molar-refractivity contribution >= 4 is 5.91 Å². The number of benzene rings is 1. The zero-order valence-corrected chi connectivity index (χ0v) is 11.9. The first-order valence-electron chi connectivity index (χ1n) is 7.31. The molecule has 1 fully saturated rings. The van der Waals surface area contributed by atoms with Gasteiger partial charge in [0.25, 0.3) is 5.91 Å². The summed E-state index contributed by atoms with van der Waals surface area (Å²) in [4.78, 5) is 12.2. The molecule has 2 unspecified atom stereocenters. The van der Waals surface area contributed by atoms with Crippen molar-refractivity contribution in [2.24, 2.45) is 0 Å². The van der Waals surface area contributed by atoms with Crippen LogP contribution in [0.1, 0.15) is 36.2 Å². The van der Waals surface area contributed by atoms with Gasteiger partial charge in [-0.3, -0.25) is 4.79 Å². The molecule has 0 saturated heterocycles. The van der Waals surface area contributed by atoms with Crippen LogP contribution in [0.4, 0.5) is 4.39 Å². The number of nitrogens with zero attached hydrogens (tertiary/aromatic N) is 3. The molecule has 2 aromatic rings. The average Bonchev–Trinajstić information content (AvgIpc) is 3.00. The van der Waals surface area contributed by atoms with E-state index in [-0.39, 0.29) is 23.5 Å². The molecule has 1 amide bonds. The quantitative estimate of drug-likeness (QED) is 0.899. The molecule has 1 heterocycles. The largest absolute Gasteiger partial charge is 0.391 e. The first kappa shape index (κ1) is 14.6. The summed E-state index contributed by atoms with van der Waals surface area (Å²) in [5.41, 5.74) is 0.785. The Bertz CT molecular complexity index is 656. The van der Waals surface area contributed by atoms with Crippen LogP contribution >= 0.6 is 0 Å². The first-order valence-corrected chi connectivity index (χ1v) is 7.31. The number of hydrogen-bond donors (Lipinski definition) is 2. The number of aromatic nitrogens is 3. The summed E-state index contributed by atoms with van der Waals surface area (Å²) in [5.74, 6) is -0.701. The van der Waals surface area contributed by atoms with E-state index in [9.17, 15) is 14.3 Å². The zero-order valence-electron chi connectivity index (χ0n) is 11.9. The fraction of sp³-hybridized carbons (Fsp3) is 0.400. The minimum atomic E-state index is -0.509. The number of nitrogens with one attached hydrogen (secondary N) is 1. The van der Waals surface area contributed by atoms with Crippen LogP contribution in [0.2, 0.25) is 0 Å². The lowest BCUT2D eigenvalue weighted by molar-refractivity contribution is 0.0713. The molecular weight excluding hydrogens is 287 g/mol. The molecular formula is C15H17FN4O2. The molecule has 0 aliphatic heterocycles. The van der Waals surface area contributed by atoms with Gasteiger partial charge in [0.05, 0.1) is 24.0 Å². The molecule has 0 bridgehead atoms.